The monoisotopic (exact) mass is 310 g/mol. The molecule has 1 fully saturated rings. The molecule has 0 spiro atoms. The van der Waals surface area contributed by atoms with Crippen LogP contribution in [0.25, 0.3) is 0 Å². The van der Waals surface area contributed by atoms with E-state index >= 15 is 0 Å². The van der Waals surface area contributed by atoms with Crippen LogP contribution in [0, 0.1) is 23.2 Å². The number of fused-ring (bicyclic) bond motifs is 1. The Morgan fingerprint density at radius 2 is 1.50 bits per heavy atom. The van der Waals surface area contributed by atoms with Gasteiger partial charge in [0.2, 0.25) is 11.5 Å². The van der Waals surface area contributed by atoms with Crippen LogP contribution in [-0.2, 0) is 14.3 Å². The summed E-state index contributed by atoms with van der Waals surface area (Å²) in [4.78, 5) is 13.0. The molecular weight excluding hydrogens is 280 g/mol. The number of rotatable bonds is 4. The fourth-order valence-electron chi connectivity index (χ4n) is 4.25. The van der Waals surface area contributed by atoms with Crippen molar-refractivity contribution in [3.8, 4) is 0 Å². The molecule has 0 aromatic rings. The highest BCUT2D eigenvalue weighted by Crippen LogP contribution is 2.65. The Hall–Kier alpha value is -1.03. The van der Waals surface area contributed by atoms with Crippen molar-refractivity contribution in [1.29, 1.82) is 0 Å². The summed E-state index contributed by atoms with van der Waals surface area (Å²) in [7, 11) is 0. The van der Waals surface area contributed by atoms with Crippen molar-refractivity contribution >= 4 is 5.78 Å². The third-order valence-electron chi connectivity index (χ3n) is 5.88. The fourth-order valence-corrected chi connectivity index (χ4v) is 4.25. The van der Waals surface area contributed by atoms with Crippen LogP contribution in [0.3, 0.4) is 0 Å². The lowest BCUT2D eigenvalue weighted by molar-refractivity contribution is -0.149. The number of ether oxygens (including phenoxy) is 2. The molecule has 0 heterocycles. The standard InChI is InChI=1S/C18H30O4/c1-9(2)21-14-15(19)18(20)13(7)11(5)12(6)17(18,8)16(14)22-10(3)4/h9-13,20H,1-8H3/t11-,12-,13-,17+,18-/m1/s1. The Morgan fingerprint density at radius 1 is 1.00 bits per heavy atom. The molecule has 2 aliphatic rings. The first-order valence-electron chi connectivity index (χ1n) is 8.34. The summed E-state index contributed by atoms with van der Waals surface area (Å²) < 4.78 is 11.8. The molecule has 0 bridgehead atoms. The SMILES string of the molecule is CC(C)OC1=C(OC(C)C)[C@]2(C)[C@H](C)[C@@H](C)[C@@H](C)[C@@]2(O)C1=O. The maximum absolute atomic E-state index is 13.0. The van der Waals surface area contributed by atoms with E-state index in [4.69, 9.17) is 9.47 Å². The predicted octanol–water partition coefficient (Wildman–Crippen LogP) is 3.29. The number of aliphatic hydroxyl groups is 1. The van der Waals surface area contributed by atoms with E-state index in [1.165, 1.54) is 0 Å². The summed E-state index contributed by atoms with van der Waals surface area (Å²) in [6.45, 7) is 15.7. The minimum Gasteiger partial charge on any atom is -0.491 e. The molecule has 0 amide bonds. The molecule has 4 heteroatoms. The van der Waals surface area contributed by atoms with Crippen LogP contribution in [0.15, 0.2) is 11.5 Å². The Morgan fingerprint density at radius 3 is 1.95 bits per heavy atom. The van der Waals surface area contributed by atoms with E-state index in [9.17, 15) is 9.90 Å². The third kappa shape index (κ3) is 1.96. The van der Waals surface area contributed by atoms with Gasteiger partial charge in [-0.15, -0.1) is 0 Å². The molecule has 0 radical (unpaired) electrons. The average Bonchev–Trinajstić information content (AvgIpc) is 2.65. The Balaban J connectivity index is 2.64. The molecule has 0 saturated heterocycles. The zero-order valence-electron chi connectivity index (χ0n) is 15.1. The highest BCUT2D eigenvalue weighted by atomic mass is 16.5. The predicted molar refractivity (Wildman–Crippen MR) is 85.0 cm³/mol. The van der Waals surface area contributed by atoms with Crippen LogP contribution in [-0.4, -0.2) is 28.7 Å². The minimum atomic E-state index is -1.44. The molecule has 5 atom stereocenters. The topological polar surface area (TPSA) is 55.8 Å². The van der Waals surface area contributed by atoms with Gasteiger partial charge in [-0.1, -0.05) is 20.8 Å². The summed E-state index contributed by atoms with van der Waals surface area (Å²) in [6.07, 6.45) is -0.218. The molecule has 1 saturated carbocycles. The van der Waals surface area contributed by atoms with Gasteiger partial charge >= 0.3 is 0 Å². The van der Waals surface area contributed by atoms with Crippen molar-refractivity contribution in [1.82, 2.24) is 0 Å². The first kappa shape index (κ1) is 17.3. The molecule has 22 heavy (non-hydrogen) atoms. The number of Topliss-reactive ketones (excluding diaryl/α,β-unsaturated/α-hetero) is 1. The lowest BCUT2D eigenvalue weighted by Crippen LogP contribution is -2.51. The van der Waals surface area contributed by atoms with Crippen molar-refractivity contribution in [2.24, 2.45) is 23.2 Å². The van der Waals surface area contributed by atoms with Crippen LogP contribution < -0.4 is 0 Å². The molecule has 1 N–H and O–H groups in total. The number of carbonyl (C=O) groups excluding carboxylic acids is 1. The van der Waals surface area contributed by atoms with E-state index < -0.39 is 11.0 Å². The second kappa shape index (κ2) is 5.26. The summed E-state index contributed by atoms with van der Waals surface area (Å²) >= 11 is 0. The number of hydrogen-bond acceptors (Lipinski definition) is 4. The lowest BCUT2D eigenvalue weighted by atomic mass is 9.71. The van der Waals surface area contributed by atoms with Gasteiger partial charge in [0.25, 0.3) is 0 Å². The maximum Gasteiger partial charge on any atom is 0.233 e. The molecule has 2 rings (SSSR count). The van der Waals surface area contributed by atoms with E-state index in [1.807, 2.05) is 41.5 Å². The summed E-state index contributed by atoms with van der Waals surface area (Å²) in [5.74, 6) is 0.651. The minimum absolute atomic E-state index is 0.0776. The number of carbonyl (C=O) groups is 1. The van der Waals surface area contributed by atoms with Gasteiger partial charge in [0.15, 0.2) is 5.76 Å². The number of hydrogen-bond donors (Lipinski definition) is 1. The molecule has 4 nitrogen and oxygen atoms in total. The maximum atomic E-state index is 13.0. The summed E-state index contributed by atoms with van der Waals surface area (Å²) in [5.41, 5.74) is -2.18. The van der Waals surface area contributed by atoms with Crippen molar-refractivity contribution in [3.63, 3.8) is 0 Å². The second-order valence-electron chi connectivity index (χ2n) is 7.73. The first-order chi connectivity index (χ1) is 9.99. The van der Waals surface area contributed by atoms with Gasteiger partial charge in [-0.3, -0.25) is 4.79 Å². The zero-order valence-corrected chi connectivity index (χ0v) is 15.1. The Labute approximate surface area is 133 Å². The molecule has 0 unspecified atom stereocenters. The average molecular weight is 310 g/mol. The van der Waals surface area contributed by atoms with Crippen LogP contribution in [0.1, 0.15) is 55.4 Å². The third-order valence-corrected chi connectivity index (χ3v) is 5.88. The van der Waals surface area contributed by atoms with Gasteiger partial charge in [0.1, 0.15) is 5.60 Å². The van der Waals surface area contributed by atoms with Crippen molar-refractivity contribution < 1.29 is 19.4 Å². The molecule has 126 valence electrons. The van der Waals surface area contributed by atoms with Gasteiger partial charge in [-0.05, 0) is 52.4 Å². The Kier molecular flexibility index (Phi) is 4.14. The van der Waals surface area contributed by atoms with E-state index in [-0.39, 0.29) is 41.5 Å². The zero-order chi connectivity index (χ0) is 17.0. The van der Waals surface area contributed by atoms with Crippen LogP contribution in [0.2, 0.25) is 0 Å². The van der Waals surface area contributed by atoms with E-state index in [2.05, 4.69) is 13.8 Å². The normalized spacial score (nSPS) is 41.6. The van der Waals surface area contributed by atoms with E-state index in [0.717, 1.165) is 0 Å². The highest BCUT2D eigenvalue weighted by Gasteiger charge is 2.74. The molecule has 0 aromatic heterocycles. The van der Waals surface area contributed by atoms with Gasteiger partial charge in [0, 0.05) is 0 Å². The van der Waals surface area contributed by atoms with Crippen molar-refractivity contribution in [2.45, 2.75) is 73.2 Å². The summed E-state index contributed by atoms with van der Waals surface area (Å²) in [6, 6.07) is 0. The van der Waals surface area contributed by atoms with Crippen LogP contribution >= 0.6 is 0 Å². The second-order valence-corrected chi connectivity index (χ2v) is 7.73. The Bertz CT molecular complexity index is 507. The van der Waals surface area contributed by atoms with Crippen LogP contribution in [0.5, 0.6) is 0 Å². The van der Waals surface area contributed by atoms with E-state index in [1.54, 1.807) is 0 Å². The summed E-state index contributed by atoms with van der Waals surface area (Å²) in [5, 5.41) is 11.4. The first-order valence-corrected chi connectivity index (χ1v) is 8.34. The van der Waals surface area contributed by atoms with Gasteiger partial charge in [-0.25, -0.2) is 0 Å². The van der Waals surface area contributed by atoms with Crippen molar-refractivity contribution in [2.75, 3.05) is 0 Å². The molecule has 0 aromatic carbocycles. The number of ketones is 1. The van der Waals surface area contributed by atoms with Gasteiger partial charge in [-0.2, -0.15) is 0 Å². The van der Waals surface area contributed by atoms with Crippen molar-refractivity contribution in [3.05, 3.63) is 11.5 Å². The van der Waals surface area contributed by atoms with E-state index in [0.29, 0.717) is 5.76 Å². The lowest BCUT2D eigenvalue weighted by Gasteiger charge is -2.38. The molecule has 0 aliphatic heterocycles. The van der Waals surface area contributed by atoms with Gasteiger partial charge in [0.05, 0.1) is 17.6 Å². The fraction of sp³-hybridized carbons (Fsp3) is 0.833. The van der Waals surface area contributed by atoms with Crippen LogP contribution in [0.4, 0.5) is 0 Å². The van der Waals surface area contributed by atoms with Gasteiger partial charge < -0.3 is 14.6 Å². The molecule has 2 aliphatic carbocycles. The largest absolute Gasteiger partial charge is 0.491 e. The highest BCUT2D eigenvalue weighted by molar-refractivity contribution is 6.05. The quantitative estimate of drug-likeness (QED) is 0.865. The molecular formula is C18H30O4. The smallest absolute Gasteiger partial charge is 0.233 e.